The van der Waals surface area contributed by atoms with Crippen LogP contribution >= 0.6 is 11.6 Å². The Bertz CT molecular complexity index is 728. The first-order valence-electron chi connectivity index (χ1n) is 13.3. The summed E-state index contributed by atoms with van der Waals surface area (Å²) >= 11 is 5.69. The highest BCUT2D eigenvalue weighted by Crippen LogP contribution is 2.71. The van der Waals surface area contributed by atoms with Crippen molar-refractivity contribution in [1.82, 2.24) is 5.32 Å². The van der Waals surface area contributed by atoms with Crippen LogP contribution in [-0.4, -0.2) is 29.4 Å². The number of carbonyl (C=O) groups is 2. The zero-order valence-corrected chi connectivity index (χ0v) is 21.2. The van der Waals surface area contributed by atoms with E-state index in [2.05, 4.69) is 26.1 Å². The maximum Gasteiger partial charge on any atom is 0.310 e. The summed E-state index contributed by atoms with van der Waals surface area (Å²) in [6, 6.07) is 0. The molecule has 8 atom stereocenters. The van der Waals surface area contributed by atoms with Gasteiger partial charge in [-0.2, -0.15) is 0 Å². The third kappa shape index (κ3) is 3.71. The van der Waals surface area contributed by atoms with Gasteiger partial charge in [0.15, 0.2) is 0 Å². The van der Waals surface area contributed by atoms with Crippen molar-refractivity contribution < 1.29 is 14.7 Å². The maximum absolute atomic E-state index is 12.6. The molecule has 0 saturated heterocycles. The minimum atomic E-state index is -0.517. The van der Waals surface area contributed by atoms with Crippen LogP contribution in [0.2, 0.25) is 0 Å². The van der Waals surface area contributed by atoms with E-state index in [1.807, 2.05) is 0 Å². The van der Waals surface area contributed by atoms with Crippen molar-refractivity contribution in [3.05, 3.63) is 0 Å². The van der Waals surface area contributed by atoms with Crippen LogP contribution in [0.25, 0.3) is 0 Å². The molecule has 4 aliphatic rings. The van der Waals surface area contributed by atoms with Gasteiger partial charge in [-0.15, -0.1) is 11.6 Å². The monoisotopic (exact) mass is 465 g/mol. The van der Waals surface area contributed by atoms with Gasteiger partial charge in [0.2, 0.25) is 5.91 Å². The molecule has 4 saturated carbocycles. The van der Waals surface area contributed by atoms with Gasteiger partial charge in [0, 0.05) is 18.8 Å². The minimum Gasteiger partial charge on any atom is -0.481 e. The third-order valence-corrected chi connectivity index (χ3v) is 11.4. The number of hydrogen-bond acceptors (Lipinski definition) is 2. The molecule has 32 heavy (non-hydrogen) atoms. The molecule has 0 aromatic rings. The third-order valence-electron chi connectivity index (χ3n) is 11.2. The topological polar surface area (TPSA) is 66.4 Å². The van der Waals surface area contributed by atoms with Gasteiger partial charge in [0.1, 0.15) is 0 Å². The van der Waals surface area contributed by atoms with E-state index >= 15 is 0 Å². The van der Waals surface area contributed by atoms with Crippen molar-refractivity contribution in [1.29, 1.82) is 0 Å². The lowest BCUT2D eigenvalue weighted by atomic mass is 9.40. The van der Waals surface area contributed by atoms with Crippen molar-refractivity contribution in [3.63, 3.8) is 0 Å². The molecule has 4 rings (SSSR count). The number of amides is 1. The molecule has 1 amide bonds. The van der Waals surface area contributed by atoms with Gasteiger partial charge in [-0.3, -0.25) is 9.59 Å². The van der Waals surface area contributed by atoms with Gasteiger partial charge in [-0.05, 0) is 98.2 Å². The van der Waals surface area contributed by atoms with Crippen LogP contribution in [0.15, 0.2) is 0 Å². The van der Waals surface area contributed by atoms with E-state index in [9.17, 15) is 14.7 Å². The number of alkyl halides is 1. The van der Waals surface area contributed by atoms with Crippen molar-refractivity contribution in [3.8, 4) is 0 Å². The SMILES string of the molecule is C[C@H](CCC(=O)NCCCl)[C@H]1CC[C@H]2[C@@H]3CCC4(C(=O)O)CCCC[C@]4(C)[C@H]3CC[C@]12C. The second-order valence-electron chi connectivity index (χ2n) is 12.2. The van der Waals surface area contributed by atoms with Gasteiger partial charge in [-0.1, -0.05) is 33.6 Å². The molecule has 4 fully saturated rings. The average molecular weight is 466 g/mol. The molecular weight excluding hydrogens is 422 g/mol. The molecule has 2 N–H and O–H groups in total. The largest absolute Gasteiger partial charge is 0.481 e. The van der Waals surface area contributed by atoms with Gasteiger partial charge in [-0.25, -0.2) is 0 Å². The number of carbonyl (C=O) groups excluding carboxylic acids is 1. The smallest absolute Gasteiger partial charge is 0.310 e. The fourth-order valence-electron chi connectivity index (χ4n) is 9.56. The Morgan fingerprint density at radius 3 is 2.50 bits per heavy atom. The first-order chi connectivity index (χ1) is 15.2. The zero-order valence-electron chi connectivity index (χ0n) is 20.4. The standard InChI is InChI=1S/C27H44ClNO3/c1-18(6-9-23(30)29-17-16-28)20-7-8-21-19-10-15-27(24(31)32)13-5-4-12-26(27,3)22(19)11-14-25(20,21)2/h18-22H,4-17H2,1-3H3,(H,29,30)(H,31,32)/t18-,19+,20-,21+,22+,25-,26-,27?/m1/s1. The molecule has 0 aliphatic heterocycles. The lowest BCUT2D eigenvalue weighted by Gasteiger charge is -2.64. The van der Waals surface area contributed by atoms with Gasteiger partial charge < -0.3 is 10.4 Å². The molecule has 1 unspecified atom stereocenters. The zero-order chi connectivity index (χ0) is 23.1. The number of carboxylic acid groups (broad SMARTS) is 1. The fourth-order valence-corrected chi connectivity index (χ4v) is 9.65. The molecule has 4 nitrogen and oxygen atoms in total. The number of aliphatic carboxylic acids is 1. The molecule has 5 heteroatoms. The Morgan fingerprint density at radius 1 is 1.03 bits per heavy atom. The summed E-state index contributed by atoms with van der Waals surface area (Å²) < 4.78 is 0. The highest BCUT2D eigenvalue weighted by molar-refractivity contribution is 6.18. The predicted octanol–water partition coefficient (Wildman–Crippen LogP) is 6.26. The summed E-state index contributed by atoms with van der Waals surface area (Å²) in [5, 5.41) is 13.3. The van der Waals surface area contributed by atoms with Gasteiger partial charge >= 0.3 is 5.97 Å². The lowest BCUT2D eigenvalue weighted by molar-refractivity contribution is -0.193. The van der Waals surface area contributed by atoms with Crippen LogP contribution in [0.5, 0.6) is 0 Å². The summed E-state index contributed by atoms with van der Waals surface area (Å²) in [7, 11) is 0. The number of fused-ring (bicyclic) bond motifs is 5. The van der Waals surface area contributed by atoms with E-state index in [1.165, 1.54) is 32.1 Å². The number of halogens is 1. The molecule has 182 valence electrons. The second-order valence-corrected chi connectivity index (χ2v) is 12.6. The van der Waals surface area contributed by atoms with E-state index in [4.69, 9.17) is 11.6 Å². The fraction of sp³-hybridized carbons (Fsp3) is 0.926. The van der Waals surface area contributed by atoms with Crippen molar-refractivity contribution in [2.45, 2.75) is 97.8 Å². The Morgan fingerprint density at radius 2 is 1.78 bits per heavy atom. The molecule has 0 radical (unpaired) electrons. The molecular formula is C27H44ClNO3. The maximum atomic E-state index is 12.6. The van der Waals surface area contributed by atoms with Crippen LogP contribution < -0.4 is 5.32 Å². The summed E-state index contributed by atoms with van der Waals surface area (Å²) in [5.41, 5.74) is -0.172. The van der Waals surface area contributed by atoms with E-state index in [0.29, 0.717) is 47.9 Å². The number of nitrogens with one attached hydrogen (secondary N) is 1. The molecule has 4 aliphatic carbocycles. The second kappa shape index (κ2) is 9.12. The van der Waals surface area contributed by atoms with Crippen LogP contribution in [0, 0.1) is 45.8 Å². The Hall–Kier alpha value is -0.770. The summed E-state index contributed by atoms with van der Waals surface area (Å²) in [4.78, 5) is 24.7. The van der Waals surface area contributed by atoms with Crippen LogP contribution in [-0.2, 0) is 9.59 Å². The Kier molecular flexibility index (Phi) is 6.94. The number of hydrogen-bond donors (Lipinski definition) is 2. The minimum absolute atomic E-state index is 0.0362. The summed E-state index contributed by atoms with van der Waals surface area (Å²) in [6.45, 7) is 7.81. The molecule has 0 bridgehead atoms. The lowest BCUT2D eigenvalue weighted by Crippen LogP contribution is -2.60. The summed E-state index contributed by atoms with van der Waals surface area (Å²) in [6.07, 6.45) is 12.8. The molecule has 0 spiro atoms. The molecule has 0 aromatic heterocycles. The highest BCUT2D eigenvalue weighted by atomic mass is 35.5. The van der Waals surface area contributed by atoms with Crippen molar-refractivity contribution in [2.24, 2.45) is 45.8 Å². The first-order valence-corrected chi connectivity index (χ1v) is 13.8. The van der Waals surface area contributed by atoms with Gasteiger partial charge in [0.05, 0.1) is 5.41 Å². The molecule has 0 aromatic carbocycles. The quantitative estimate of drug-likeness (QED) is 0.436. The van der Waals surface area contributed by atoms with Crippen LogP contribution in [0.4, 0.5) is 0 Å². The van der Waals surface area contributed by atoms with Crippen molar-refractivity contribution in [2.75, 3.05) is 12.4 Å². The normalized spacial score (nSPS) is 44.1. The van der Waals surface area contributed by atoms with Crippen molar-refractivity contribution >= 4 is 23.5 Å². The Labute approximate surface area is 199 Å². The number of rotatable bonds is 7. The van der Waals surface area contributed by atoms with Crippen LogP contribution in [0.3, 0.4) is 0 Å². The highest BCUT2D eigenvalue weighted by Gasteiger charge is 2.66. The van der Waals surface area contributed by atoms with E-state index in [0.717, 1.165) is 44.4 Å². The van der Waals surface area contributed by atoms with E-state index in [-0.39, 0.29) is 11.3 Å². The van der Waals surface area contributed by atoms with E-state index in [1.54, 1.807) is 0 Å². The first kappa shape index (κ1) is 24.4. The predicted molar refractivity (Wildman–Crippen MR) is 129 cm³/mol. The summed E-state index contributed by atoms with van der Waals surface area (Å²) in [5.74, 6) is 3.29. The van der Waals surface area contributed by atoms with E-state index < -0.39 is 11.4 Å². The van der Waals surface area contributed by atoms with Crippen LogP contribution in [0.1, 0.15) is 97.8 Å². The van der Waals surface area contributed by atoms with Gasteiger partial charge in [0.25, 0.3) is 0 Å². The number of carboxylic acids is 1. The molecule has 0 heterocycles. The Balaban J connectivity index is 1.48. The average Bonchev–Trinajstić information content (AvgIpc) is 3.12.